The van der Waals surface area contributed by atoms with Gasteiger partial charge in [-0.25, -0.2) is 17.8 Å². The van der Waals surface area contributed by atoms with Crippen molar-refractivity contribution in [2.45, 2.75) is 40.2 Å². The minimum Gasteiger partial charge on any atom is -0.508 e. The summed E-state index contributed by atoms with van der Waals surface area (Å²) in [5.74, 6) is -1.87. The molecule has 0 radical (unpaired) electrons. The number of aryl methyl sites for hydroxylation is 2. The van der Waals surface area contributed by atoms with Crippen LogP contribution in [-0.4, -0.2) is 36.6 Å². The van der Waals surface area contributed by atoms with E-state index in [1.165, 1.54) is 37.3 Å². The second-order valence-electron chi connectivity index (χ2n) is 10.4. The van der Waals surface area contributed by atoms with Crippen LogP contribution >= 0.6 is 0 Å². The van der Waals surface area contributed by atoms with Crippen LogP contribution in [0.5, 0.6) is 11.5 Å². The number of aromatic nitrogens is 1. The largest absolute Gasteiger partial charge is 0.508 e. The summed E-state index contributed by atoms with van der Waals surface area (Å²) in [4.78, 5) is 30.7. The highest BCUT2D eigenvalue weighted by molar-refractivity contribution is 7.95. The van der Waals surface area contributed by atoms with Gasteiger partial charge in [-0.1, -0.05) is 19.9 Å². The zero-order valence-corrected chi connectivity index (χ0v) is 22.4. The Morgan fingerprint density at radius 2 is 2.03 bits per heavy atom. The van der Waals surface area contributed by atoms with E-state index in [0.29, 0.717) is 0 Å². The smallest absolute Gasteiger partial charge is 0.298 e. The maximum Gasteiger partial charge on any atom is 0.298 e. The molecule has 204 valence electrons. The van der Waals surface area contributed by atoms with E-state index >= 15 is 4.39 Å². The van der Waals surface area contributed by atoms with Gasteiger partial charge in [-0.05, 0) is 43.0 Å². The second kappa shape index (κ2) is 9.23. The lowest BCUT2D eigenvalue weighted by atomic mass is 9.88. The van der Waals surface area contributed by atoms with Crippen LogP contribution < -0.4 is 15.0 Å². The molecule has 0 fully saturated rings. The number of allylic oxidation sites excluding steroid dienone is 1. The van der Waals surface area contributed by atoms with E-state index in [9.17, 15) is 23.1 Å². The average molecular weight is 556 g/mol. The third kappa shape index (κ3) is 4.54. The number of hydrogen-bond acceptors (Lipinski definition) is 9. The summed E-state index contributed by atoms with van der Waals surface area (Å²) in [6.07, 6.45) is 0.233. The van der Waals surface area contributed by atoms with Gasteiger partial charge in [0, 0.05) is 24.3 Å². The highest BCUT2D eigenvalue weighted by Crippen LogP contribution is 2.52. The lowest BCUT2D eigenvalue weighted by Crippen LogP contribution is -2.41. The molecule has 0 saturated heterocycles. The Labute approximate surface area is 224 Å². The monoisotopic (exact) mass is 555 g/mol. The topological polar surface area (TPSA) is 139 Å². The van der Waals surface area contributed by atoms with Gasteiger partial charge in [0.15, 0.2) is 27.2 Å². The highest BCUT2D eigenvalue weighted by atomic mass is 32.2. The van der Waals surface area contributed by atoms with E-state index in [2.05, 4.69) is 10.3 Å². The summed E-state index contributed by atoms with van der Waals surface area (Å²) >= 11 is 0. The first-order valence-electron chi connectivity index (χ1n) is 12.0. The van der Waals surface area contributed by atoms with Gasteiger partial charge >= 0.3 is 0 Å². The van der Waals surface area contributed by atoms with E-state index in [0.717, 1.165) is 11.0 Å². The third-order valence-electron chi connectivity index (χ3n) is 6.69. The number of benzene rings is 2. The summed E-state index contributed by atoms with van der Waals surface area (Å²) in [5, 5.41) is 13.0. The Kier molecular flexibility index (Phi) is 6.25. The highest BCUT2D eigenvalue weighted by Gasteiger charge is 2.48. The molecular weight excluding hydrogens is 529 g/mol. The number of phenolic OH excluding ortho intramolecular Hbond substituents is 1. The number of nitrogens with one attached hydrogen (secondary N) is 1. The van der Waals surface area contributed by atoms with Gasteiger partial charge in [0.1, 0.15) is 29.1 Å². The normalized spacial score (nSPS) is 19.4. The molecule has 1 aromatic heterocycles. The molecule has 2 N–H and O–H groups in total. The fourth-order valence-electron chi connectivity index (χ4n) is 5.33. The number of hydrogen-bond donors (Lipinski definition) is 2. The maximum atomic E-state index is 15.6. The molecule has 3 heterocycles. The number of aromatic hydroxyl groups is 1. The number of carbonyl (C=O) groups is 2. The Balaban J connectivity index is 1.91. The molecule has 0 bridgehead atoms. The SMILES string of the molecule is Cc1nc(C(=O)N2c3cccc(OC=O)c3NC3=C(C2c2ccc(O)cc2F)S(=O)(=O)CC(C)(C)C3)c(C)o1. The van der Waals surface area contributed by atoms with Crippen molar-refractivity contribution < 1.29 is 36.7 Å². The number of oxazole rings is 1. The molecule has 1 amide bonds. The Morgan fingerprint density at radius 3 is 2.67 bits per heavy atom. The summed E-state index contributed by atoms with van der Waals surface area (Å²) in [7, 11) is -4.10. The van der Waals surface area contributed by atoms with Crippen LogP contribution in [0, 0.1) is 25.1 Å². The van der Waals surface area contributed by atoms with Gasteiger partial charge in [0.2, 0.25) is 0 Å². The molecule has 0 aliphatic carbocycles. The number of amides is 1. The predicted molar refractivity (Wildman–Crippen MR) is 140 cm³/mol. The zero-order valence-electron chi connectivity index (χ0n) is 21.6. The number of ether oxygens (including phenoxy) is 1. The third-order valence-corrected chi connectivity index (χ3v) is 8.99. The number of fused-ring (bicyclic) bond motifs is 1. The van der Waals surface area contributed by atoms with Crippen LogP contribution in [0.15, 0.2) is 51.4 Å². The molecule has 0 spiro atoms. The lowest BCUT2D eigenvalue weighted by molar-refractivity contribution is -0.120. The Bertz CT molecular complexity index is 1660. The molecule has 2 aliphatic heterocycles. The first-order valence-corrected chi connectivity index (χ1v) is 13.7. The van der Waals surface area contributed by atoms with Gasteiger partial charge in [-0.2, -0.15) is 0 Å². The quantitative estimate of drug-likeness (QED) is 0.444. The first kappa shape index (κ1) is 26.4. The molecular formula is C27H26FN3O7S. The molecule has 12 heteroatoms. The van der Waals surface area contributed by atoms with Crippen LogP contribution in [0.4, 0.5) is 15.8 Å². The summed E-state index contributed by atoms with van der Waals surface area (Å²) in [5.41, 5.74) is -0.455. The number of anilines is 2. The zero-order chi connectivity index (χ0) is 28.3. The summed E-state index contributed by atoms with van der Waals surface area (Å²) < 4.78 is 54.2. The van der Waals surface area contributed by atoms with Crippen molar-refractivity contribution in [3.8, 4) is 11.5 Å². The van der Waals surface area contributed by atoms with Crippen molar-refractivity contribution >= 4 is 33.6 Å². The van der Waals surface area contributed by atoms with Crippen molar-refractivity contribution in [1.29, 1.82) is 0 Å². The number of phenols is 1. The minimum atomic E-state index is -4.10. The molecule has 39 heavy (non-hydrogen) atoms. The molecule has 2 aromatic carbocycles. The van der Waals surface area contributed by atoms with Crippen LogP contribution in [-0.2, 0) is 14.6 Å². The van der Waals surface area contributed by atoms with E-state index in [1.807, 2.05) is 0 Å². The van der Waals surface area contributed by atoms with E-state index in [-0.39, 0.29) is 75.0 Å². The fourth-order valence-corrected chi connectivity index (χ4v) is 7.68. The molecule has 1 atom stereocenters. The van der Waals surface area contributed by atoms with Crippen molar-refractivity contribution in [1.82, 2.24) is 4.98 Å². The molecule has 2 aliphatic rings. The maximum absolute atomic E-state index is 15.6. The van der Waals surface area contributed by atoms with Crippen molar-refractivity contribution in [2.75, 3.05) is 16.0 Å². The number of carbonyl (C=O) groups excluding carboxylic acids is 2. The lowest BCUT2D eigenvalue weighted by Gasteiger charge is -2.37. The Hall–Kier alpha value is -4.19. The number of rotatable bonds is 4. The van der Waals surface area contributed by atoms with E-state index < -0.39 is 33.0 Å². The molecule has 3 aromatic rings. The van der Waals surface area contributed by atoms with Crippen LogP contribution in [0.3, 0.4) is 0 Å². The van der Waals surface area contributed by atoms with Crippen LogP contribution in [0.1, 0.15) is 54.0 Å². The summed E-state index contributed by atoms with van der Waals surface area (Å²) in [6.45, 7) is 6.89. The standard InChI is InChI=1S/C27H26FN3O7S/c1-14-22(29-15(2)38-14)26(34)31-20-6-5-7-21(37-13-32)23(20)30-19-11-27(3,4)12-39(35,36)25(19)24(31)17-9-8-16(33)10-18(17)28/h5-10,13,24,30,33H,11-12H2,1-4H3. The van der Waals surface area contributed by atoms with Crippen molar-refractivity contribution in [3.63, 3.8) is 0 Å². The Morgan fingerprint density at radius 1 is 1.28 bits per heavy atom. The molecule has 0 saturated carbocycles. The van der Waals surface area contributed by atoms with E-state index in [1.54, 1.807) is 20.8 Å². The molecule has 5 rings (SSSR count). The first-order chi connectivity index (χ1) is 18.3. The summed E-state index contributed by atoms with van der Waals surface area (Å²) in [6, 6.07) is 6.36. The number of halogens is 1. The number of para-hydroxylation sites is 1. The molecule has 1 unspecified atom stereocenters. The van der Waals surface area contributed by atoms with Crippen LogP contribution in [0.25, 0.3) is 0 Å². The van der Waals surface area contributed by atoms with Gasteiger partial charge in [-0.3, -0.25) is 14.5 Å². The van der Waals surface area contributed by atoms with E-state index in [4.69, 9.17) is 9.15 Å². The van der Waals surface area contributed by atoms with Gasteiger partial charge < -0.3 is 19.6 Å². The van der Waals surface area contributed by atoms with Crippen molar-refractivity contribution in [2.24, 2.45) is 5.41 Å². The number of nitrogens with zero attached hydrogens (tertiary/aromatic N) is 2. The van der Waals surface area contributed by atoms with Gasteiger partial charge in [0.25, 0.3) is 12.4 Å². The minimum absolute atomic E-state index is 0.0350. The van der Waals surface area contributed by atoms with Gasteiger partial charge in [-0.15, -0.1) is 0 Å². The molecule has 10 nitrogen and oxygen atoms in total. The fraction of sp³-hybridized carbons (Fsp3) is 0.296. The average Bonchev–Trinajstić information content (AvgIpc) is 3.08. The number of sulfone groups is 1. The second-order valence-corrected chi connectivity index (χ2v) is 12.3. The van der Waals surface area contributed by atoms with Gasteiger partial charge in [0.05, 0.1) is 16.3 Å². The van der Waals surface area contributed by atoms with Crippen molar-refractivity contribution in [3.05, 3.63) is 75.7 Å². The van der Waals surface area contributed by atoms with Crippen LogP contribution in [0.2, 0.25) is 0 Å². The predicted octanol–water partition coefficient (Wildman–Crippen LogP) is 4.54.